The second-order valence-electron chi connectivity index (χ2n) is 5.27. The minimum atomic E-state index is -0.228. The Hall–Kier alpha value is -2.50. The van der Waals surface area contributed by atoms with Gasteiger partial charge in [-0.05, 0) is 37.5 Å². The summed E-state index contributed by atoms with van der Waals surface area (Å²) in [5.41, 5.74) is 2.66. The van der Waals surface area contributed by atoms with Crippen molar-refractivity contribution in [1.82, 2.24) is 9.78 Å². The molecule has 116 valence electrons. The highest BCUT2D eigenvalue weighted by Crippen LogP contribution is 2.30. The minimum absolute atomic E-state index is 0.228. The first-order valence-electron chi connectivity index (χ1n) is 7.22. The van der Waals surface area contributed by atoms with Crippen molar-refractivity contribution in [3.05, 3.63) is 35.0 Å². The lowest BCUT2D eigenvalue weighted by atomic mass is 10.1. The van der Waals surface area contributed by atoms with Crippen LogP contribution in [0.5, 0.6) is 11.5 Å². The predicted molar refractivity (Wildman–Crippen MR) is 82.7 cm³/mol. The van der Waals surface area contributed by atoms with Crippen LogP contribution >= 0.6 is 0 Å². The van der Waals surface area contributed by atoms with Crippen LogP contribution in [0.4, 0.5) is 5.82 Å². The number of aryl methyl sites for hydroxylation is 2. The zero-order valence-electron chi connectivity index (χ0n) is 13.0. The molecule has 0 atom stereocenters. The van der Waals surface area contributed by atoms with Crippen molar-refractivity contribution in [2.75, 3.05) is 19.5 Å². The summed E-state index contributed by atoms with van der Waals surface area (Å²) in [5, 5.41) is 7.42. The summed E-state index contributed by atoms with van der Waals surface area (Å²) in [6.07, 6.45) is 3.01. The van der Waals surface area contributed by atoms with Crippen LogP contribution in [-0.4, -0.2) is 29.9 Å². The Morgan fingerprint density at radius 3 is 2.82 bits per heavy atom. The smallest absolute Gasteiger partial charge is 0.260 e. The second kappa shape index (κ2) is 5.71. The maximum Gasteiger partial charge on any atom is 0.260 e. The highest BCUT2D eigenvalue weighted by atomic mass is 16.5. The molecule has 3 rings (SSSR count). The van der Waals surface area contributed by atoms with Gasteiger partial charge in [-0.15, -0.1) is 0 Å². The van der Waals surface area contributed by atoms with Gasteiger partial charge in [0, 0.05) is 12.6 Å². The van der Waals surface area contributed by atoms with Crippen LogP contribution < -0.4 is 14.8 Å². The fraction of sp³-hybridized carbons (Fsp3) is 0.375. The third-order valence-electron chi connectivity index (χ3n) is 3.95. The molecule has 1 aromatic carbocycles. The Labute approximate surface area is 129 Å². The Morgan fingerprint density at radius 1 is 1.27 bits per heavy atom. The van der Waals surface area contributed by atoms with Crippen LogP contribution in [0.2, 0.25) is 0 Å². The molecule has 22 heavy (non-hydrogen) atoms. The van der Waals surface area contributed by atoms with Gasteiger partial charge in [0.1, 0.15) is 17.3 Å². The monoisotopic (exact) mass is 301 g/mol. The molecular weight excluding hydrogens is 282 g/mol. The number of amides is 1. The first-order chi connectivity index (χ1) is 10.6. The first kappa shape index (κ1) is 14.4. The fourth-order valence-electron chi connectivity index (χ4n) is 2.84. The number of rotatable bonds is 4. The molecule has 1 aliphatic rings. The zero-order valence-corrected chi connectivity index (χ0v) is 13.0. The summed E-state index contributed by atoms with van der Waals surface area (Å²) in [4.78, 5) is 12.6. The molecule has 0 saturated carbocycles. The van der Waals surface area contributed by atoms with Crippen molar-refractivity contribution in [2.24, 2.45) is 7.05 Å². The van der Waals surface area contributed by atoms with Gasteiger partial charge in [-0.25, -0.2) is 0 Å². The maximum atomic E-state index is 12.6. The van der Waals surface area contributed by atoms with Crippen LogP contribution in [0.1, 0.15) is 28.0 Å². The third kappa shape index (κ3) is 2.41. The zero-order chi connectivity index (χ0) is 15.7. The normalized spacial score (nSPS) is 12.9. The summed E-state index contributed by atoms with van der Waals surface area (Å²) >= 11 is 0. The number of hydrogen-bond acceptors (Lipinski definition) is 4. The van der Waals surface area contributed by atoms with E-state index in [1.807, 2.05) is 7.05 Å². The Morgan fingerprint density at radius 2 is 2.09 bits per heavy atom. The van der Waals surface area contributed by atoms with E-state index in [1.165, 1.54) is 0 Å². The van der Waals surface area contributed by atoms with Crippen LogP contribution in [0.3, 0.4) is 0 Å². The Kier molecular flexibility index (Phi) is 3.75. The predicted octanol–water partition coefficient (Wildman–Crippen LogP) is 2.18. The number of nitrogens with one attached hydrogen (secondary N) is 1. The van der Waals surface area contributed by atoms with E-state index in [9.17, 15) is 4.79 Å². The molecule has 1 heterocycles. The number of nitrogens with zero attached hydrogens (tertiary/aromatic N) is 2. The van der Waals surface area contributed by atoms with E-state index in [0.717, 1.165) is 36.3 Å². The number of carbonyl (C=O) groups is 1. The average molecular weight is 301 g/mol. The molecule has 1 aliphatic carbocycles. The number of hydrogen-bond donors (Lipinski definition) is 1. The SMILES string of the molecule is COc1ccc(OC)c(C(=O)Nc2c3c(nn2C)CCC3)c1. The number of methoxy groups -OCH3 is 2. The molecular formula is C16H19N3O3. The van der Waals surface area contributed by atoms with Crippen molar-refractivity contribution < 1.29 is 14.3 Å². The van der Waals surface area contributed by atoms with E-state index in [1.54, 1.807) is 37.1 Å². The van der Waals surface area contributed by atoms with Gasteiger partial charge in [0.15, 0.2) is 0 Å². The van der Waals surface area contributed by atoms with Crippen LogP contribution in [0.25, 0.3) is 0 Å². The first-order valence-corrected chi connectivity index (χ1v) is 7.22. The second-order valence-corrected chi connectivity index (χ2v) is 5.27. The molecule has 2 aromatic rings. The number of carbonyl (C=O) groups excluding carboxylic acids is 1. The van der Waals surface area contributed by atoms with Crippen LogP contribution in [0.15, 0.2) is 18.2 Å². The highest BCUT2D eigenvalue weighted by Gasteiger charge is 2.23. The van der Waals surface area contributed by atoms with Crippen molar-refractivity contribution in [3.8, 4) is 11.5 Å². The summed E-state index contributed by atoms with van der Waals surface area (Å²) in [6, 6.07) is 5.16. The molecule has 0 aliphatic heterocycles. The van der Waals surface area contributed by atoms with Gasteiger partial charge in [0.05, 0.1) is 25.5 Å². The molecule has 1 amide bonds. The van der Waals surface area contributed by atoms with E-state index in [0.29, 0.717) is 17.1 Å². The quantitative estimate of drug-likeness (QED) is 0.940. The number of aromatic nitrogens is 2. The standard InChI is InChI=1S/C16H19N3O3/c1-19-15(11-5-4-6-13(11)18-19)17-16(20)12-9-10(21-2)7-8-14(12)22-3/h7-9H,4-6H2,1-3H3,(H,17,20). The third-order valence-corrected chi connectivity index (χ3v) is 3.95. The summed E-state index contributed by atoms with van der Waals surface area (Å²) in [6.45, 7) is 0. The molecule has 6 heteroatoms. The lowest BCUT2D eigenvalue weighted by molar-refractivity contribution is 0.102. The molecule has 0 spiro atoms. The topological polar surface area (TPSA) is 65.4 Å². The maximum absolute atomic E-state index is 12.6. The van der Waals surface area contributed by atoms with Crippen LogP contribution in [0, 0.1) is 0 Å². The molecule has 0 fully saturated rings. The number of anilines is 1. The number of ether oxygens (including phenoxy) is 2. The van der Waals surface area contributed by atoms with Gasteiger partial charge in [-0.3, -0.25) is 9.48 Å². The molecule has 1 N–H and O–H groups in total. The highest BCUT2D eigenvalue weighted by molar-refractivity contribution is 6.06. The Bertz CT molecular complexity index is 722. The van der Waals surface area contributed by atoms with E-state index >= 15 is 0 Å². The lowest BCUT2D eigenvalue weighted by Crippen LogP contribution is -2.16. The van der Waals surface area contributed by atoms with E-state index in [-0.39, 0.29) is 5.91 Å². The van der Waals surface area contributed by atoms with Gasteiger partial charge >= 0.3 is 0 Å². The van der Waals surface area contributed by atoms with Crippen LogP contribution in [-0.2, 0) is 19.9 Å². The summed E-state index contributed by atoms with van der Waals surface area (Å²) in [7, 11) is 4.95. The van der Waals surface area contributed by atoms with Crippen molar-refractivity contribution in [1.29, 1.82) is 0 Å². The van der Waals surface area contributed by atoms with Gasteiger partial charge in [0.2, 0.25) is 0 Å². The van der Waals surface area contributed by atoms with E-state index in [2.05, 4.69) is 10.4 Å². The summed E-state index contributed by atoms with van der Waals surface area (Å²) in [5.74, 6) is 1.66. The van der Waals surface area contributed by atoms with E-state index in [4.69, 9.17) is 9.47 Å². The van der Waals surface area contributed by atoms with Crippen molar-refractivity contribution in [3.63, 3.8) is 0 Å². The largest absolute Gasteiger partial charge is 0.497 e. The summed E-state index contributed by atoms with van der Waals surface area (Å²) < 4.78 is 12.2. The molecule has 0 radical (unpaired) electrons. The molecule has 6 nitrogen and oxygen atoms in total. The Balaban J connectivity index is 1.92. The van der Waals surface area contributed by atoms with Crippen molar-refractivity contribution in [2.45, 2.75) is 19.3 Å². The minimum Gasteiger partial charge on any atom is -0.497 e. The average Bonchev–Trinajstić information content (AvgIpc) is 3.09. The molecule has 0 saturated heterocycles. The molecule has 0 unspecified atom stereocenters. The van der Waals surface area contributed by atoms with E-state index < -0.39 is 0 Å². The van der Waals surface area contributed by atoms with Crippen molar-refractivity contribution >= 4 is 11.7 Å². The number of benzene rings is 1. The lowest BCUT2D eigenvalue weighted by Gasteiger charge is -2.12. The van der Waals surface area contributed by atoms with Gasteiger partial charge < -0.3 is 14.8 Å². The van der Waals surface area contributed by atoms with Gasteiger partial charge in [-0.1, -0.05) is 0 Å². The number of fused-ring (bicyclic) bond motifs is 1. The van der Waals surface area contributed by atoms with Gasteiger partial charge in [-0.2, -0.15) is 5.10 Å². The molecule has 0 bridgehead atoms. The van der Waals surface area contributed by atoms with Gasteiger partial charge in [0.25, 0.3) is 5.91 Å². The molecule has 1 aromatic heterocycles. The fourth-order valence-corrected chi connectivity index (χ4v) is 2.84.